The van der Waals surface area contributed by atoms with E-state index in [0.717, 1.165) is 33.0 Å². The minimum atomic E-state index is -0.483. The molecule has 0 fully saturated rings. The number of aromatic nitrogens is 4. The molecule has 0 aliphatic carbocycles. The molecule has 5 heteroatoms. The summed E-state index contributed by atoms with van der Waals surface area (Å²) in [6, 6.07) is 46.1. The van der Waals surface area contributed by atoms with E-state index in [0.29, 0.717) is 39.6 Å². The second kappa shape index (κ2) is 13.0. The molecule has 0 aliphatic rings. The Labute approximate surface area is 332 Å². The maximum absolute atomic E-state index is 9.95. The zero-order chi connectivity index (χ0) is 43.1. The van der Waals surface area contributed by atoms with Gasteiger partial charge in [0.05, 0.1) is 20.6 Å². The minimum Gasteiger partial charge on any atom is -0.456 e. The van der Waals surface area contributed by atoms with Crippen molar-refractivity contribution in [2.45, 2.75) is 0 Å². The molecule has 11 rings (SSSR count). The molecular formula is C51H32N4O. The minimum absolute atomic E-state index is 0.00490. The number of nitrogens with zero attached hydrogens (tertiary/aromatic N) is 4. The van der Waals surface area contributed by atoms with Gasteiger partial charge in [0.15, 0.2) is 17.5 Å². The highest BCUT2D eigenvalue weighted by atomic mass is 16.3. The maximum atomic E-state index is 9.95. The van der Waals surface area contributed by atoms with Gasteiger partial charge < -0.3 is 8.98 Å². The summed E-state index contributed by atoms with van der Waals surface area (Å²) in [7, 11) is 0. The highest BCUT2D eigenvalue weighted by molar-refractivity contribution is 6.11. The Morgan fingerprint density at radius 3 is 1.66 bits per heavy atom. The smallest absolute Gasteiger partial charge is 0.164 e. The van der Waals surface area contributed by atoms with Gasteiger partial charge in [0.25, 0.3) is 0 Å². The molecule has 5 nitrogen and oxygen atoms in total. The van der Waals surface area contributed by atoms with Gasteiger partial charge in [-0.25, -0.2) is 15.0 Å². The fourth-order valence-corrected chi connectivity index (χ4v) is 7.37. The van der Waals surface area contributed by atoms with Crippen molar-refractivity contribution in [3.05, 3.63) is 194 Å². The average Bonchev–Trinajstić information content (AvgIpc) is 3.89. The summed E-state index contributed by atoms with van der Waals surface area (Å²) >= 11 is 0. The van der Waals surface area contributed by atoms with Crippen LogP contribution in [0.5, 0.6) is 0 Å². The zero-order valence-electron chi connectivity index (χ0n) is 36.6. The first-order valence-electron chi connectivity index (χ1n) is 21.7. The normalized spacial score (nSPS) is 13.3. The lowest BCUT2D eigenvalue weighted by atomic mass is 10.0. The number of benzene rings is 8. The summed E-state index contributed by atoms with van der Waals surface area (Å²) in [4.78, 5) is 14.6. The number of furan rings is 1. The molecule has 262 valence electrons. The summed E-state index contributed by atoms with van der Waals surface area (Å²) < 4.78 is 72.6. The van der Waals surface area contributed by atoms with Crippen LogP contribution in [0.4, 0.5) is 0 Å². The second-order valence-electron chi connectivity index (χ2n) is 13.5. The van der Waals surface area contributed by atoms with Gasteiger partial charge in [0.2, 0.25) is 0 Å². The third-order valence-electron chi connectivity index (χ3n) is 10.1. The Balaban J connectivity index is 1.17. The molecule has 0 bridgehead atoms. The van der Waals surface area contributed by atoms with E-state index in [1.165, 1.54) is 0 Å². The van der Waals surface area contributed by atoms with Crippen LogP contribution in [0.25, 0.3) is 106 Å². The lowest BCUT2D eigenvalue weighted by Gasteiger charge is -2.11. The molecule has 0 unspecified atom stereocenters. The van der Waals surface area contributed by atoms with Gasteiger partial charge in [0.1, 0.15) is 11.2 Å². The van der Waals surface area contributed by atoms with Crippen LogP contribution in [0, 0.1) is 0 Å². The lowest BCUT2D eigenvalue weighted by Crippen LogP contribution is -2.00. The van der Waals surface area contributed by atoms with E-state index in [9.17, 15) is 5.48 Å². The summed E-state index contributed by atoms with van der Waals surface area (Å²) in [5, 5.41) is 1.81. The number of para-hydroxylation sites is 1. The van der Waals surface area contributed by atoms with Gasteiger partial charge in [-0.2, -0.15) is 0 Å². The van der Waals surface area contributed by atoms with Crippen LogP contribution in [0.3, 0.4) is 0 Å². The standard InChI is InChI=1S/C51H32N4O/c1-4-12-33(13-5-1)35-20-22-37(23-21-35)50-52-49(36-16-8-3-9-17-36)53-51(54-50)39-24-27-42-41-18-10-11-19-45(41)55(46(42)31-39)40-26-28-43-44-30-38(34-14-6-2-7-15-34)25-29-47(44)56-48(43)32-40/h1-32H/i10D,11D,18D,19D,24D,27D,31D. The van der Waals surface area contributed by atoms with Crippen molar-refractivity contribution in [3.63, 3.8) is 0 Å². The number of hydrogen-bond acceptors (Lipinski definition) is 4. The summed E-state index contributed by atoms with van der Waals surface area (Å²) in [6.07, 6.45) is 0. The van der Waals surface area contributed by atoms with Gasteiger partial charge >= 0.3 is 0 Å². The van der Waals surface area contributed by atoms with Crippen molar-refractivity contribution in [3.8, 4) is 62.1 Å². The fourth-order valence-electron chi connectivity index (χ4n) is 7.37. The van der Waals surface area contributed by atoms with Crippen LogP contribution in [0.15, 0.2) is 198 Å². The van der Waals surface area contributed by atoms with E-state index in [-0.39, 0.29) is 63.4 Å². The molecule has 8 aromatic carbocycles. The summed E-state index contributed by atoms with van der Waals surface area (Å²) in [6.45, 7) is 0. The van der Waals surface area contributed by atoms with Crippen LogP contribution < -0.4 is 0 Å². The van der Waals surface area contributed by atoms with Gasteiger partial charge in [0, 0.05) is 50.0 Å². The van der Waals surface area contributed by atoms with Crippen molar-refractivity contribution >= 4 is 43.7 Å². The first-order chi connectivity index (χ1) is 30.7. The van der Waals surface area contributed by atoms with E-state index in [4.69, 9.17) is 23.5 Å². The van der Waals surface area contributed by atoms with Crippen molar-refractivity contribution in [1.82, 2.24) is 19.5 Å². The topological polar surface area (TPSA) is 56.7 Å². The van der Waals surface area contributed by atoms with E-state index in [2.05, 4.69) is 6.07 Å². The van der Waals surface area contributed by atoms with Crippen molar-refractivity contribution in [2.24, 2.45) is 0 Å². The van der Waals surface area contributed by atoms with E-state index < -0.39 is 12.1 Å². The summed E-state index contributed by atoms with van der Waals surface area (Å²) in [5.41, 5.74) is 7.23. The quantitative estimate of drug-likeness (QED) is 0.171. The zero-order valence-corrected chi connectivity index (χ0v) is 29.6. The maximum Gasteiger partial charge on any atom is 0.164 e. The van der Waals surface area contributed by atoms with E-state index in [1.54, 1.807) is 10.6 Å². The Morgan fingerprint density at radius 1 is 0.393 bits per heavy atom. The predicted molar refractivity (Wildman–Crippen MR) is 229 cm³/mol. The monoisotopic (exact) mass is 723 g/mol. The molecule has 0 radical (unpaired) electrons. The van der Waals surface area contributed by atoms with Crippen LogP contribution in [0.2, 0.25) is 0 Å². The van der Waals surface area contributed by atoms with Crippen LogP contribution in [0.1, 0.15) is 9.60 Å². The Morgan fingerprint density at radius 2 is 0.946 bits per heavy atom. The lowest BCUT2D eigenvalue weighted by molar-refractivity contribution is 0.668. The first-order valence-corrected chi connectivity index (χ1v) is 18.2. The number of hydrogen-bond donors (Lipinski definition) is 0. The third-order valence-corrected chi connectivity index (χ3v) is 10.1. The molecule has 0 amide bonds. The molecule has 0 atom stereocenters. The van der Waals surface area contributed by atoms with Crippen LogP contribution in [-0.2, 0) is 0 Å². The van der Waals surface area contributed by atoms with Gasteiger partial charge in [-0.3, -0.25) is 0 Å². The third kappa shape index (κ3) is 5.45. The molecule has 3 heterocycles. The summed E-state index contributed by atoms with van der Waals surface area (Å²) in [5.74, 6) is 0.600. The highest BCUT2D eigenvalue weighted by Gasteiger charge is 2.18. The fraction of sp³-hybridized carbons (Fsp3) is 0. The molecule has 56 heavy (non-hydrogen) atoms. The molecule has 0 aliphatic heterocycles. The Kier molecular flexibility index (Phi) is 5.92. The van der Waals surface area contributed by atoms with Crippen molar-refractivity contribution in [2.75, 3.05) is 0 Å². The molecular weight excluding hydrogens is 685 g/mol. The van der Waals surface area contributed by atoms with E-state index >= 15 is 0 Å². The SMILES string of the molecule is [2H]c1c([2H])c([2H])c2c(c1[2H])c1c([2H])c([2H])c(-c3nc(-c4ccccc4)nc(-c4ccc(-c5ccccc5)cc4)n3)c([2H])c1n2-c1ccc2c(c1)oc1ccc(-c3ccccc3)cc12. The average molecular weight is 724 g/mol. The van der Waals surface area contributed by atoms with Gasteiger partial charge in [-0.1, -0.05) is 152 Å². The van der Waals surface area contributed by atoms with Crippen molar-refractivity contribution in [1.29, 1.82) is 0 Å². The van der Waals surface area contributed by atoms with Crippen LogP contribution in [-0.4, -0.2) is 19.5 Å². The predicted octanol–water partition coefficient (Wildman–Crippen LogP) is 13.2. The molecule has 0 spiro atoms. The largest absolute Gasteiger partial charge is 0.456 e. The number of rotatable bonds is 6. The van der Waals surface area contributed by atoms with E-state index in [1.807, 2.05) is 140 Å². The second-order valence-corrected chi connectivity index (χ2v) is 13.5. The van der Waals surface area contributed by atoms with Crippen molar-refractivity contribution < 1.29 is 14.0 Å². The molecule has 0 saturated carbocycles. The molecule has 0 saturated heterocycles. The first kappa shape index (κ1) is 25.4. The molecule has 11 aromatic rings. The van der Waals surface area contributed by atoms with Gasteiger partial charge in [-0.15, -0.1) is 0 Å². The highest BCUT2D eigenvalue weighted by Crippen LogP contribution is 2.38. The van der Waals surface area contributed by atoms with Crippen LogP contribution >= 0.6 is 0 Å². The Bertz CT molecular complexity index is 3630. The molecule has 0 N–H and O–H groups in total. The Hall–Kier alpha value is -7.63. The van der Waals surface area contributed by atoms with Gasteiger partial charge in [-0.05, 0) is 58.6 Å². The number of fused-ring (bicyclic) bond motifs is 6. The molecule has 3 aromatic heterocycles.